The number of imidazole rings is 1. The molecule has 6 nitrogen and oxygen atoms in total. The third-order valence-electron chi connectivity index (χ3n) is 3.52. The number of aliphatic hydroxyl groups excluding tert-OH is 1. The number of hydrogen-bond donors (Lipinski definition) is 1. The molecule has 0 bridgehead atoms. The molecule has 0 spiro atoms. The van der Waals surface area contributed by atoms with Gasteiger partial charge in [-0.3, -0.25) is 4.79 Å². The van der Waals surface area contributed by atoms with E-state index in [1.165, 1.54) is 11.8 Å². The van der Waals surface area contributed by atoms with Gasteiger partial charge in [-0.2, -0.15) is 0 Å². The SMILES string of the molecule is COCCCn1c(CO)cnc1SCC(=O)N(C(C)C)C(C)C. The quantitative estimate of drug-likeness (QED) is 0.521. The fraction of sp³-hybridized carbons (Fsp3) is 0.750. The van der Waals surface area contributed by atoms with Crippen molar-refractivity contribution in [3.8, 4) is 0 Å². The second-order valence-corrected chi connectivity index (χ2v) is 6.91. The molecule has 1 aromatic heterocycles. The summed E-state index contributed by atoms with van der Waals surface area (Å²) in [5.74, 6) is 0.458. The van der Waals surface area contributed by atoms with E-state index in [4.69, 9.17) is 4.74 Å². The molecule has 0 aliphatic rings. The van der Waals surface area contributed by atoms with Crippen LogP contribution in [-0.2, 0) is 22.7 Å². The zero-order chi connectivity index (χ0) is 17.4. The number of rotatable bonds is 10. The monoisotopic (exact) mass is 343 g/mol. The van der Waals surface area contributed by atoms with Gasteiger partial charge >= 0.3 is 0 Å². The summed E-state index contributed by atoms with van der Waals surface area (Å²) >= 11 is 1.42. The highest BCUT2D eigenvalue weighted by molar-refractivity contribution is 7.99. The van der Waals surface area contributed by atoms with Gasteiger partial charge in [0.25, 0.3) is 0 Å². The zero-order valence-corrected chi connectivity index (χ0v) is 15.6. The molecule has 0 aliphatic heterocycles. The van der Waals surface area contributed by atoms with Crippen molar-refractivity contribution in [3.05, 3.63) is 11.9 Å². The maximum absolute atomic E-state index is 12.4. The summed E-state index contributed by atoms with van der Waals surface area (Å²) in [6.07, 6.45) is 2.51. The third kappa shape index (κ3) is 5.82. The number of nitrogens with zero attached hydrogens (tertiary/aromatic N) is 3. The van der Waals surface area contributed by atoms with E-state index in [9.17, 15) is 9.90 Å². The van der Waals surface area contributed by atoms with Gasteiger partial charge in [0.05, 0.1) is 24.3 Å². The smallest absolute Gasteiger partial charge is 0.233 e. The van der Waals surface area contributed by atoms with Gasteiger partial charge in [-0.25, -0.2) is 4.98 Å². The molecule has 0 unspecified atom stereocenters. The number of carbonyl (C=O) groups is 1. The number of aromatic nitrogens is 2. The van der Waals surface area contributed by atoms with Gasteiger partial charge < -0.3 is 19.3 Å². The van der Waals surface area contributed by atoms with E-state index in [2.05, 4.69) is 4.98 Å². The van der Waals surface area contributed by atoms with Crippen molar-refractivity contribution in [1.82, 2.24) is 14.5 Å². The number of amides is 1. The lowest BCUT2D eigenvalue weighted by atomic mass is 10.2. The summed E-state index contributed by atoms with van der Waals surface area (Å²) in [4.78, 5) is 18.7. The Morgan fingerprint density at radius 1 is 1.39 bits per heavy atom. The highest BCUT2D eigenvalue weighted by Gasteiger charge is 2.21. The van der Waals surface area contributed by atoms with Crippen LogP contribution in [0.25, 0.3) is 0 Å². The summed E-state index contributed by atoms with van der Waals surface area (Å²) in [6.45, 7) is 9.42. The van der Waals surface area contributed by atoms with Gasteiger partial charge in [-0.05, 0) is 34.1 Å². The average molecular weight is 343 g/mol. The largest absolute Gasteiger partial charge is 0.390 e. The number of carbonyl (C=O) groups excluding carboxylic acids is 1. The Kier molecular flexibility index (Phi) is 8.65. The lowest BCUT2D eigenvalue weighted by Gasteiger charge is -2.30. The van der Waals surface area contributed by atoms with Gasteiger partial charge in [0.1, 0.15) is 0 Å². The predicted molar refractivity (Wildman–Crippen MR) is 92.5 cm³/mol. The van der Waals surface area contributed by atoms with Crippen LogP contribution in [0.1, 0.15) is 39.8 Å². The number of aliphatic hydroxyl groups is 1. The fourth-order valence-corrected chi connectivity index (χ4v) is 3.51. The molecule has 0 saturated carbocycles. The second kappa shape index (κ2) is 9.95. The number of hydrogen-bond acceptors (Lipinski definition) is 5. The number of ether oxygens (including phenoxy) is 1. The van der Waals surface area contributed by atoms with Gasteiger partial charge in [0, 0.05) is 32.3 Å². The molecule has 0 atom stereocenters. The molecule has 1 aromatic rings. The summed E-state index contributed by atoms with van der Waals surface area (Å²) < 4.78 is 7.04. The first-order valence-corrected chi connectivity index (χ1v) is 8.99. The van der Waals surface area contributed by atoms with Crippen molar-refractivity contribution in [3.63, 3.8) is 0 Å². The molecular weight excluding hydrogens is 314 g/mol. The third-order valence-corrected chi connectivity index (χ3v) is 4.49. The van der Waals surface area contributed by atoms with E-state index < -0.39 is 0 Å². The van der Waals surface area contributed by atoms with Gasteiger partial charge in [0.2, 0.25) is 5.91 Å². The standard InChI is InChI=1S/C16H29N3O3S/c1-12(2)19(13(3)4)15(21)11-23-16-17-9-14(10-20)18(16)7-6-8-22-5/h9,12-13,20H,6-8,10-11H2,1-5H3. The average Bonchev–Trinajstić information content (AvgIpc) is 2.87. The summed E-state index contributed by atoms with van der Waals surface area (Å²) in [5, 5.41) is 10.2. The van der Waals surface area contributed by atoms with Crippen LogP contribution in [0.4, 0.5) is 0 Å². The van der Waals surface area contributed by atoms with E-state index in [0.717, 1.165) is 23.8 Å². The molecule has 1 rings (SSSR count). The topological polar surface area (TPSA) is 67.6 Å². The molecule has 1 N–H and O–H groups in total. The van der Waals surface area contributed by atoms with Crippen LogP contribution >= 0.6 is 11.8 Å². The molecule has 0 aromatic carbocycles. The minimum absolute atomic E-state index is 0.0569. The Bertz CT molecular complexity index is 481. The molecule has 132 valence electrons. The molecule has 1 heterocycles. The minimum atomic E-state index is -0.0569. The van der Waals surface area contributed by atoms with E-state index >= 15 is 0 Å². The number of methoxy groups -OCH3 is 1. The normalized spacial score (nSPS) is 11.5. The number of thioether (sulfide) groups is 1. The van der Waals surface area contributed by atoms with Crippen molar-refractivity contribution < 1.29 is 14.6 Å². The van der Waals surface area contributed by atoms with Gasteiger partial charge in [0.15, 0.2) is 5.16 Å². The Morgan fingerprint density at radius 2 is 2.04 bits per heavy atom. The first-order valence-electron chi connectivity index (χ1n) is 8.00. The molecule has 0 saturated heterocycles. The minimum Gasteiger partial charge on any atom is -0.390 e. The predicted octanol–water partition coefficient (Wildman–Crippen LogP) is 2.15. The fourth-order valence-electron chi connectivity index (χ4n) is 2.61. The Labute approximate surface area is 143 Å². The molecule has 0 fully saturated rings. The van der Waals surface area contributed by atoms with Gasteiger partial charge in [-0.15, -0.1) is 0 Å². The lowest BCUT2D eigenvalue weighted by Crippen LogP contribution is -2.43. The van der Waals surface area contributed by atoms with E-state index in [-0.39, 0.29) is 24.6 Å². The Balaban J connectivity index is 2.73. The van der Waals surface area contributed by atoms with E-state index in [1.54, 1.807) is 13.3 Å². The van der Waals surface area contributed by atoms with Crippen molar-refractivity contribution in [2.24, 2.45) is 0 Å². The van der Waals surface area contributed by atoms with E-state index in [0.29, 0.717) is 12.4 Å². The molecular formula is C16H29N3O3S. The highest BCUT2D eigenvalue weighted by Crippen LogP contribution is 2.21. The van der Waals surface area contributed by atoms with Crippen LogP contribution in [0, 0.1) is 0 Å². The van der Waals surface area contributed by atoms with Crippen molar-refractivity contribution >= 4 is 17.7 Å². The van der Waals surface area contributed by atoms with Crippen LogP contribution in [0.15, 0.2) is 11.4 Å². The zero-order valence-electron chi connectivity index (χ0n) is 14.8. The first kappa shape index (κ1) is 20.0. The molecule has 7 heteroatoms. The summed E-state index contributed by atoms with van der Waals surface area (Å²) in [5.41, 5.74) is 0.764. The molecule has 23 heavy (non-hydrogen) atoms. The maximum atomic E-state index is 12.4. The second-order valence-electron chi connectivity index (χ2n) is 5.97. The van der Waals surface area contributed by atoms with Gasteiger partial charge in [-0.1, -0.05) is 11.8 Å². The van der Waals surface area contributed by atoms with Crippen LogP contribution in [0.2, 0.25) is 0 Å². The maximum Gasteiger partial charge on any atom is 0.233 e. The highest BCUT2D eigenvalue weighted by atomic mass is 32.2. The Morgan fingerprint density at radius 3 is 2.57 bits per heavy atom. The lowest BCUT2D eigenvalue weighted by molar-refractivity contribution is -0.131. The van der Waals surface area contributed by atoms with Crippen LogP contribution in [0.5, 0.6) is 0 Å². The molecule has 0 radical (unpaired) electrons. The van der Waals surface area contributed by atoms with Crippen LogP contribution < -0.4 is 0 Å². The van der Waals surface area contributed by atoms with Crippen molar-refractivity contribution in [2.45, 2.75) is 64.5 Å². The molecule has 0 aliphatic carbocycles. The summed E-state index contributed by atoms with van der Waals surface area (Å²) in [6, 6.07) is 0.357. The van der Waals surface area contributed by atoms with Crippen molar-refractivity contribution in [2.75, 3.05) is 19.5 Å². The van der Waals surface area contributed by atoms with Crippen molar-refractivity contribution in [1.29, 1.82) is 0 Å². The van der Waals surface area contributed by atoms with Crippen LogP contribution in [-0.4, -0.2) is 57.0 Å². The first-order chi connectivity index (χ1) is 10.9. The van der Waals surface area contributed by atoms with E-state index in [1.807, 2.05) is 37.2 Å². The summed E-state index contributed by atoms with van der Waals surface area (Å²) in [7, 11) is 1.67. The van der Waals surface area contributed by atoms with Crippen LogP contribution in [0.3, 0.4) is 0 Å². The molecule has 1 amide bonds. The Hall–Kier alpha value is -1.05.